The van der Waals surface area contributed by atoms with Gasteiger partial charge in [-0.3, -0.25) is 9.59 Å². The molecule has 93 heavy (non-hydrogen) atoms. The zero-order valence-corrected chi connectivity index (χ0v) is 63.3. The quantitative estimate of drug-likeness (QED) is 0.0320. The number of rotatable bonds is 81. The Hall–Kier alpha value is -1.92. The monoisotopic (exact) mass is 1310 g/mol. The average molecular weight is 1310 g/mol. The van der Waals surface area contributed by atoms with Gasteiger partial charge < -0.3 is 20.3 Å². The third kappa shape index (κ3) is 79.0. The number of nitrogens with one attached hydrogen (secondary N) is 1. The molecule has 0 radical (unpaired) electrons. The SMILES string of the molecule is CCCCCCCC/C=C\CCCCCCCCCCCC(=O)OCCCCCCCCCCCCCCCCC/C=C\C/C=C\CCCCCCCCCCCCCCCCCCCC(=O)NC(CO)C(O)CCCCCCCCCCCCCCCCCCCC. The smallest absolute Gasteiger partial charge is 0.305 e. The summed E-state index contributed by atoms with van der Waals surface area (Å²) in [5, 5.41) is 23.4. The van der Waals surface area contributed by atoms with E-state index in [0.29, 0.717) is 25.9 Å². The predicted molar refractivity (Wildman–Crippen MR) is 412 cm³/mol. The van der Waals surface area contributed by atoms with Crippen LogP contribution < -0.4 is 5.32 Å². The number of hydrogen-bond acceptors (Lipinski definition) is 5. The lowest BCUT2D eigenvalue weighted by atomic mass is 10.0. The van der Waals surface area contributed by atoms with Gasteiger partial charge in [0, 0.05) is 12.8 Å². The van der Waals surface area contributed by atoms with E-state index in [9.17, 15) is 19.8 Å². The van der Waals surface area contributed by atoms with Gasteiger partial charge in [0.05, 0.1) is 25.4 Å². The van der Waals surface area contributed by atoms with Crippen molar-refractivity contribution in [3.8, 4) is 0 Å². The first-order valence-electron chi connectivity index (χ1n) is 42.7. The number of carbonyl (C=O) groups is 2. The molecule has 0 fully saturated rings. The fourth-order valence-electron chi connectivity index (χ4n) is 13.7. The Bertz CT molecular complexity index is 1510. The Kier molecular flexibility index (Phi) is 80.8. The average Bonchev–Trinajstić information content (AvgIpc) is 3.68. The second-order valence-electron chi connectivity index (χ2n) is 29.5. The van der Waals surface area contributed by atoms with Crippen LogP contribution in [0.5, 0.6) is 0 Å². The summed E-state index contributed by atoms with van der Waals surface area (Å²) < 4.78 is 5.52. The predicted octanol–water partition coefficient (Wildman–Crippen LogP) is 28.6. The molecule has 0 saturated carbocycles. The van der Waals surface area contributed by atoms with Crippen LogP contribution in [0.25, 0.3) is 0 Å². The van der Waals surface area contributed by atoms with Crippen molar-refractivity contribution in [2.75, 3.05) is 13.2 Å². The maximum Gasteiger partial charge on any atom is 0.305 e. The van der Waals surface area contributed by atoms with E-state index in [1.807, 2.05) is 0 Å². The highest BCUT2D eigenvalue weighted by molar-refractivity contribution is 5.76. The first-order chi connectivity index (χ1) is 46.0. The number of allylic oxidation sites excluding steroid dienone is 6. The molecule has 3 N–H and O–H groups in total. The van der Waals surface area contributed by atoms with Crippen molar-refractivity contribution in [3.05, 3.63) is 36.5 Å². The molecule has 0 bridgehead atoms. The van der Waals surface area contributed by atoms with Crippen molar-refractivity contribution in [1.82, 2.24) is 5.32 Å². The fourth-order valence-corrected chi connectivity index (χ4v) is 13.7. The maximum atomic E-state index is 12.6. The van der Waals surface area contributed by atoms with Crippen LogP contribution in [0.15, 0.2) is 36.5 Å². The minimum absolute atomic E-state index is 0.0208. The molecule has 2 unspecified atom stereocenters. The van der Waals surface area contributed by atoms with Gasteiger partial charge in [0.15, 0.2) is 0 Å². The topological polar surface area (TPSA) is 95.9 Å². The van der Waals surface area contributed by atoms with Gasteiger partial charge in [-0.05, 0) is 83.5 Å². The van der Waals surface area contributed by atoms with E-state index in [-0.39, 0.29) is 18.5 Å². The molecule has 0 aromatic carbocycles. The highest BCUT2D eigenvalue weighted by Crippen LogP contribution is 2.20. The van der Waals surface area contributed by atoms with Crippen molar-refractivity contribution < 1.29 is 24.5 Å². The van der Waals surface area contributed by atoms with E-state index < -0.39 is 12.1 Å². The van der Waals surface area contributed by atoms with Gasteiger partial charge >= 0.3 is 5.97 Å². The molecular formula is C87H167NO5. The second kappa shape index (κ2) is 82.5. The molecule has 2 atom stereocenters. The van der Waals surface area contributed by atoms with Crippen LogP contribution >= 0.6 is 0 Å². The summed E-state index contributed by atoms with van der Waals surface area (Å²) in [5.41, 5.74) is 0. The van der Waals surface area contributed by atoms with Crippen molar-refractivity contribution in [1.29, 1.82) is 0 Å². The molecule has 0 aromatic heterocycles. The van der Waals surface area contributed by atoms with Crippen LogP contribution in [0, 0.1) is 0 Å². The molecule has 0 rings (SSSR count). The van der Waals surface area contributed by atoms with Gasteiger partial charge in [0.25, 0.3) is 0 Å². The van der Waals surface area contributed by atoms with Gasteiger partial charge in [0.1, 0.15) is 0 Å². The molecule has 0 aliphatic heterocycles. The van der Waals surface area contributed by atoms with Gasteiger partial charge in [-0.2, -0.15) is 0 Å². The Morgan fingerprint density at radius 2 is 0.538 bits per heavy atom. The number of ether oxygens (including phenoxy) is 1. The van der Waals surface area contributed by atoms with Crippen molar-refractivity contribution in [2.45, 2.75) is 495 Å². The third-order valence-corrected chi connectivity index (χ3v) is 20.2. The number of amides is 1. The normalized spacial score (nSPS) is 12.6. The highest BCUT2D eigenvalue weighted by Gasteiger charge is 2.20. The molecule has 6 nitrogen and oxygen atoms in total. The molecule has 0 aliphatic carbocycles. The van der Waals surface area contributed by atoms with Crippen LogP contribution in [0.3, 0.4) is 0 Å². The molecule has 1 amide bonds. The van der Waals surface area contributed by atoms with Crippen LogP contribution in [-0.2, 0) is 14.3 Å². The Morgan fingerprint density at radius 3 is 0.828 bits per heavy atom. The number of unbranched alkanes of at least 4 members (excludes halogenated alkanes) is 64. The van der Waals surface area contributed by atoms with Crippen LogP contribution in [-0.4, -0.2) is 47.4 Å². The van der Waals surface area contributed by atoms with Crippen molar-refractivity contribution in [3.63, 3.8) is 0 Å². The van der Waals surface area contributed by atoms with E-state index in [0.717, 1.165) is 44.9 Å². The molecule has 0 aromatic rings. The van der Waals surface area contributed by atoms with E-state index in [1.165, 1.54) is 405 Å². The Labute approximate surface area is 583 Å². The summed E-state index contributed by atoms with van der Waals surface area (Å²) in [4.78, 5) is 24.7. The number of aliphatic hydroxyl groups is 2. The Balaban J connectivity index is 3.34. The number of esters is 1. The molecule has 0 saturated heterocycles. The van der Waals surface area contributed by atoms with Crippen molar-refractivity contribution in [2.24, 2.45) is 0 Å². The highest BCUT2D eigenvalue weighted by atomic mass is 16.5. The lowest BCUT2D eigenvalue weighted by Gasteiger charge is -2.22. The van der Waals surface area contributed by atoms with Gasteiger partial charge in [-0.25, -0.2) is 0 Å². The lowest BCUT2D eigenvalue weighted by Crippen LogP contribution is -2.45. The summed E-state index contributed by atoms with van der Waals surface area (Å²) in [6.07, 6.45) is 108. The van der Waals surface area contributed by atoms with E-state index in [4.69, 9.17) is 4.74 Å². The van der Waals surface area contributed by atoms with E-state index in [1.54, 1.807) is 0 Å². The van der Waals surface area contributed by atoms with Crippen LogP contribution in [0.2, 0.25) is 0 Å². The standard InChI is InChI=1S/C87H167NO5/c1-3-5-7-9-11-13-15-17-19-21-44-49-53-57-61-65-69-73-77-81-87(92)93-82-78-74-70-66-62-58-54-50-46-43-41-39-37-35-33-31-29-27-25-23-24-26-28-30-32-34-36-38-40-42-45-48-52-56-60-64-68-72-76-80-86(91)88-84(83-89)85(90)79-75-71-67-63-59-55-51-47-22-20-18-16-14-12-10-8-6-4-2/h17,19,23-24,27,29,84-85,89-90H,3-16,18,20-22,25-26,28,30-83H2,1-2H3,(H,88,91)/b19-17-,24-23-,29-27-. The Morgan fingerprint density at radius 1 is 0.301 bits per heavy atom. The van der Waals surface area contributed by atoms with Crippen LogP contribution in [0.1, 0.15) is 483 Å². The molecular weight excluding hydrogens is 1140 g/mol. The van der Waals surface area contributed by atoms with Crippen LogP contribution in [0.4, 0.5) is 0 Å². The summed E-state index contributed by atoms with van der Waals surface area (Å²) in [6.45, 7) is 5.00. The minimum Gasteiger partial charge on any atom is -0.466 e. The molecule has 0 spiro atoms. The lowest BCUT2D eigenvalue weighted by molar-refractivity contribution is -0.143. The third-order valence-electron chi connectivity index (χ3n) is 20.2. The van der Waals surface area contributed by atoms with E-state index >= 15 is 0 Å². The summed E-state index contributed by atoms with van der Waals surface area (Å²) >= 11 is 0. The zero-order valence-electron chi connectivity index (χ0n) is 63.3. The molecule has 0 aliphatic rings. The fraction of sp³-hybridized carbons (Fsp3) is 0.908. The first-order valence-corrected chi connectivity index (χ1v) is 42.7. The zero-order chi connectivity index (χ0) is 67.0. The molecule has 6 heteroatoms. The number of carbonyl (C=O) groups excluding carboxylic acids is 2. The second-order valence-corrected chi connectivity index (χ2v) is 29.5. The minimum atomic E-state index is -0.663. The number of hydrogen-bond donors (Lipinski definition) is 3. The summed E-state index contributed by atoms with van der Waals surface area (Å²) in [5.74, 6) is -0.00645. The van der Waals surface area contributed by atoms with Crippen molar-refractivity contribution >= 4 is 11.9 Å². The summed E-state index contributed by atoms with van der Waals surface area (Å²) in [7, 11) is 0. The maximum absolute atomic E-state index is 12.6. The van der Waals surface area contributed by atoms with Gasteiger partial charge in [-0.1, -0.05) is 423 Å². The summed E-state index contributed by atoms with van der Waals surface area (Å²) in [6, 6.07) is -0.540. The largest absolute Gasteiger partial charge is 0.466 e. The van der Waals surface area contributed by atoms with Gasteiger partial charge in [-0.15, -0.1) is 0 Å². The number of aliphatic hydroxyl groups excluding tert-OH is 2. The molecule has 550 valence electrons. The molecule has 0 heterocycles. The first kappa shape index (κ1) is 91.1. The van der Waals surface area contributed by atoms with E-state index in [2.05, 4.69) is 55.6 Å². The van der Waals surface area contributed by atoms with Gasteiger partial charge in [0.2, 0.25) is 5.91 Å².